The quantitative estimate of drug-likeness (QED) is 0.323. The van der Waals surface area contributed by atoms with Crippen molar-refractivity contribution in [2.24, 2.45) is 0 Å². The third-order valence-corrected chi connectivity index (χ3v) is 5.94. The Morgan fingerprint density at radius 1 is 0.815 bits per heavy atom. The smallest absolute Gasteiger partial charge is 0.744 e. The molecule has 5 heteroatoms. The van der Waals surface area contributed by atoms with E-state index in [2.05, 4.69) is 13.8 Å². The minimum Gasteiger partial charge on any atom is -0.744 e. The van der Waals surface area contributed by atoms with Crippen molar-refractivity contribution < 1.29 is 64.4 Å². The van der Waals surface area contributed by atoms with E-state index in [1.165, 1.54) is 37.7 Å². The molecule has 144 valence electrons. The molecule has 0 aromatic heterocycles. The molecule has 0 saturated heterocycles. The standard InChI is InChI=1S/C22H32O3S.K/c1-3-5-7-9-13-18-17-22(26(23,24)25)21-16-12-11-15-20(21)19(18)14-10-8-6-4-2;/h11-12,15-17H,3-10,13-14H2,1-2H3,(H,23,24,25);/q;+1/p-1. The van der Waals surface area contributed by atoms with Crippen molar-refractivity contribution >= 4 is 20.9 Å². The van der Waals surface area contributed by atoms with Crippen molar-refractivity contribution in [1.29, 1.82) is 0 Å². The van der Waals surface area contributed by atoms with Crippen LogP contribution in [0, 0.1) is 0 Å². The fourth-order valence-corrected chi connectivity index (χ4v) is 4.39. The van der Waals surface area contributed by atoms with Crippen LogP contribution in [0.25, 0.3) is 10.8 Å². The van der Waals surface area contributed by atoms with E-state index < -0.39 is 10.1 Å². The fourth-order valence-electron chi connectivity index (χ4n) is 3.65. The summed E-state index contributed by atoms with van der Waals surface area (Å²) in [6.07, 6.45) is 11.0. The van der Waals surface area contributed by atoms with Gasteiger partial charge in [-0.3, -0.25) is 0 Å². The van der Waals surface area contributed by atoms with Gasteiger partial charge in [0.25, 0.3) is 0 Å². The molecule has 0 aliphatic carbocycles. The number of benzene rings is 2. The van der Waals surface area contributed by atoms with Gasteiger partial charge in [0.1, 0.15) is 10.1 Å². The Morgan fingerprint density at radius 3 is 1.93 bits per heavy atom. The summed E-state index contributed by atoms with van der Waals surface area (Å²) in [6.45, 7) is 4.37. The van der Waals surface area contributed by atoms with Crippen molar-refractivity contribution in [3.63, 3.8) is 0 Å². The molecular weight excluding hydrogens is 383 g/mol. The van der Waals surface area contributed by atoms with Gasteiger partial charge in [-0.2, -0.15) is 0 Å². The average Bonchev–Trinajstić information content (AvgIpc) is 2.62. The Bertz CT molecular complexity index is 816. The number of fused-ring (bicyclic) bond motifs is 1. The van der Waals surface area contributed by atoms with Gasteiger partial charge in [0.15, 0.2) is 0 Å². The molecule has 0 spiro atoms. The van der Waals surface area contributed by atoms with Gasteiger partial charge in [-0.05, 0) is 53.6 Å². The second-order valence-corrected chi connectivity index (χ2v) is 8.48. The summed E-state index contributed by atoms with van der Waals surface area (Å²) in [6, 6.07) is 9.12. The van der Waals surface area contributed by atoms with Crippen LogP contribution in [0.2, 0.25) is 0 Å². The van der Waals surface area contributed by atoms with Crippen LogP contribution in [0.5, 0.6) is 0 Å². The summed E-state index contributed by atoms with van der Waals surface area (Å²) < 4.78 is 35.5. The molecule has 0 heterocycles. The number of unbranched alkanes of at least 4 members (excludes halogenated alkanes) is 6. The van der Waals surface area contributed by atoms with E-state index in [-0.39, 0.29) is 56.3 Å². The SMILES string of the molecule is CCCCCCc1cc(S(=O)(=O)[O-])c2ccccc2c1CCCCCC.[K+]. The van der Waals surface area contributed by atoms with Crippen LogP contribution < -0.4 is 51.4 Å². The fraction of sp³-hybridized carbons (Fsp3) is 0.545. The first-order valence-electron chi connectivity index (χ1n) is 9.98. The van der Waals surface area contributed by atoms with Gasteiger partial charge in [0.05, 0.1) is 4.90 Å². The Morgan fingerprint density at radius 2 is 1.37 bits per heavy atom. The van der Waals surface area contributed by atoms with Crippen molar-refractivity contribution in [3.8, 4) is 0 Å². The van der Waals surface area contributed by atoms with Gasteiger partial charge in [0.2, 0.25) is 0 Å². The topological polar surface area (TPSA) is 57.2 Å². The Kier molecular flexibility index (Phi) is 11.9. The monoisotopic (exact) mass is 414 g/mol. The molecule has 3 nitrogen and oxygen atoms in total. The third-order valence-electron chi connectivity index (χ3n) is 5.06. The van der Waals surface area contributed by atoms with Gasteiger partial charge in [-0.15, -0.1) is 0 Å². The maximum absolute atomic E-state index is 11.8. The molecule has 0 fully saturated rings. The molecule has 27 heavy (non-hydrogen) atoms. The maximum Gasteiger partial charge on any atom is 1.00 e. The van der Waals surface area contributed by atoms with E-state index >= 15 is 0 Å². The van der Waals surface area contributed by atoms with Gasteiger partial charge in [-0.25, -0.2) is 8.42 Å². The van der Waals surface area contributed by atoms with Crippen LogP contribution in [-0.4, -0.2) is 13.0 Å². The van der Waals surface area contributed by atoms with Crippen LogP contribution >= 0.6 is 0 Å². The van der Waals surface area contributed by atoms with Gasteiger partial charge >= 0.3 is 51.4 Å². The van der Waals surface area contributed by atoms with Gasteiger partial charge in [-0.1, -0.05) is 76.6 Å². The molecule has 0 aliphatic rings. The Hall–Kier alpha value is 0.246. The first kappa shape index (κ1) is 25.3. The predicted octanol–water partition coefficient (Wildman–Crippen LogP) is 2.99. The minimum atomic E-state index is -4.48. The van der Waals surface area contributed by atoms with Crippen LogP contribution in [0.3, 0.4) is 0 Å². The summed E-state index contributed by atoms with van der Waals surface area (Å²) in [5, 5.41) is 1.51. The number of aryl methyl sites for hydroxylation is 2. The average molecular weight is 415 g/mol. The molecule has 2 aromatic carbocycles. The zero-order chi connectivity index (χ0) is 19.0. The largest absolute Gasteiger partial charge is 1.00 e. The molecule has 0 radical (unpaired) electrons. The summed E-state index contributed by atoms with van der Waals surface area (Å²) in [7, 11) is -4.48. The molecule has 0 aliphatic heterocycles. The second-order valence-electron chi connectivity index (χ2n) is 7.13. The minimum absolute atomic E-state index is 0. The van der Waals surface area contributed by atoms with Crippen LogP contribution in [0.15, 0.2) is 35.2 Å². The molecule has 0 amide bonds. The van der Waals surface area contributed by atoms with Gasteiger partial charge < -0.3 is 4.55 Å². The summed E-state index contributed by atoms with van der Waals surface area (Å²) in [5.74, 6) is 0. The second kappa shape index (κ2) is 12.7. The predicted molar refractivity (Wildman–Crippen MR) is 108 cm³/mol. The normalized spacial score (nSPS) is 11.5. The van der Waals surface area contributed by atoms with E-state index in [1.54, 1.807) is 18.2 Å². The zero-order valence-corrected chi connectivity index (χ0v) is 21.0. The molecule has 0 bridgehead atoms. The number of rotatable bonds is 11. The van der Waals surface area contributed by atoms with E-state index in [0.29, 0.717) is 5.39 Å². The summed E-state index contributed by atoms with van der Waals surface area (Å²) >= 11 is 0. The van der Waals surface area contributed by atoms with Gasteiger partial charge in [0, 0.05) is 0 Å². The molecule has 2 aromatic rings. The van der Waals surface area contributed by atoms with Crippen LogP contribution in [-0.2, 0) is 23.0 Å². The van der Waals surface area contributed by atoms with E-state index in [0.717, 1.165) is 43.1 Å². The summed E-state index contributed by atoms with van der Waals surface area (Å²) in [5.41, 5.74) is 2.28. The zero-order valence-electron chi connectivity index (χ0n) is 17.1. The molecule has 0 saturated carbocycles. The number of hydrogen-bond acceptors (Lipinski definition) is 3. The molecule has 2 rings (SSSR count). The van der Waals surface area contributed by atoms with Crippen molar-refractivity contribution in [2.45, 2.75) is 83.0 Å². The van der Waals surface area contributed by atoms with Crippen molar-refractivity contribution in [2.75, 3.05) is 0 Å². The summed E-state index contributed by atoms with van der Waals surface area (Å²) in [4.78, 5) is -0.0594. The Labute approximate surface area is 207 Å². The maximum atomic E-state index is 11.8. The van der Waals surface area contributed by atoms with E-state index in [4.69, 9.17) is 0 Å². The Balaban J connectivity index is 0.00000364. The van der Waals surface area contributed by atoms with E-state index in [1.807, 2.05) is 12.1 Å². The van der Waals surface area contributed by atoms with Crippen LogP contribution in [0.1, 0.15) is 76.3 Å². The molecule has 0 N–H and O–H groups in total. The molecule has 0 atom stereocenters. The number of hydrogen-bond donors (Lipinski definition) is 0. The first-order valence-corrected chi connectivity index (χ1v) is 11.4. The third kappa shape index (κ3) is 7.54. The molecular formula is C22H31KO3S. The van der Waals surface area contributed by atoms with Crippen molar-refractivity contribution in [3.05, 3.63) is 41.5 Å². The van der Waals surface area contributed by atoms with Crippen molar-refractivity contribution in [1.82, 2.24) is 0 Å². The van der Waals surface area contributed by atoms with E-state index in [9.17, 15) is 13.0 Å². The van der Waals surface area contributed by atoms with Crippen LogP contribution in [0.4, 0.5) is 0 Å². The molecule has 0 unspecified atom stereocenters. The first-order chi connectivity index (χ1) is 12.5.